The minimum atomic E-state index is -0.591. The van der Waals surface area contributed by atoms with Gasteiger partial charge >= 0.3 is 5.97 Å². The van der Waals surface area contributed by atoms with Crippen molar-refractivity contribution < 1.29 is 24.2 Å². The van der Waals surface area contributed by atoms with Crippen molar-refractivity contribution in [3.8, 4) is 0 Å². The van der Waals surface area contributed by atoms with Crippen LogP contribution in [-0.2, 0) is 37.8 Å². The molecule has 0 fully saturated rings. The molecule has 3 atom stereocenters. The zero-order chi connectivity index (χ0) is 32.4. The predicted molar refractivity (Wildman–Crippen MR) is 184 cm³/mol. The predicted octanol–water partition coefficient (Wildman–Crippen LogP) is 5.96. The number of esters is 1. The first-order chi connectivity index (χ1) is 22.5. The van der Waals surface area contributed by atoms with E-state index in [4.69, 9.17) is 4.74 Å². The van der Waals surface area contributed by atoms with Crippen molar-refractivity contribution in [1.82, 2.24) is 10.2 Å². The second-order valence-corrected chi connectivity index (χ2v) is 12.8. The molecule has 0 unspecified atom stereocenters. The van der Waals surface area contributed by atoms with Gasteiger partial charge in [-0.3, -0.25) is 14.4 Å². The van der Waals surface area contributed by atoms with Crippen LogP contribution in [0.5, 0.6) is 0 Å². The van der Waals surface area contributed by atoms with Gasteiger partial charge in [0.15, 0.2) is 0 Å². The van der Waals surface area contributed by atoms with Crippen LogP contribution >= 0.6 is 11.8 Å². The van der Waals surface area contributed by atoms with Crippen LogP contribution in [0.1, 0.15) is 48.8 Å². The van der Waals surface area contributed by atoms with Crippen molar-refractivity contribution >= 4 is 29.5 Å². The van der Waals surface area contributed by atoms with Crippen molar-refractivity contribution in [3.05, 3.63) is 120 Å². The summed E-state index contributed by atoms with van der Waals surface area (Å²) < 4.78 is 5.90. The quantitative estimate of drug-likeness (QED) is 0.187. The first-order valence-electron chi connectivity index (χ1n) is 16.2. The summed E-state index contributed by atoms with van der Waals surface area (Å²) in [5.74, 6) is -0.203. The van der Waals surface area contributed by atoms with Gasteiger partial charge in [0.05, 0.1) is 24.5 Å². The van der Waals surface area contributed by atoms with Gasteiger partial charge in [-0.25, -0.2) is 0 Å². The number of cyclic esters (lactones) is 1. The highest BCUT2D eigenvalue weighted by molar-refractivity contribution is 7.98. The Morgan fingerprint density at radius 1 is 0.870 bits per heavy atom. The average Bonchev–Trinajstić information content (AvgIpc) is 3.08. The Balaban J connectivity index is 1.48. The summed E-state index contributed by atoms with van der Waals surface area (Å²) in [4.78, 5) is 42.3. The maximum Gasteiger partial charge on any atom is 0.309 e. The number of nitrogens with zero attached hydrogens (tertiary/aromatic N) is 1. The van der Waals surface area contributed by atoms with E-state index in [2.05, 4.69) is 17.4 Å². The van der Waals surface area contributed by atoms with Gasteiger partial charge in [-0.05, 0) is 48.8 Å². The van der Waals surface area contributed by atoms with Crippen molar-refractivity contribution in [1.29, 1.82) is 0 Å². The standard InChI is InChI=1S/C38H46N2O5S/c41-23-22-40(26-31-16-8-4-9-17-31)36(42)25-33-20-12-1-2-13-21-34(24-30-14-6-3-7-15-30)38(44)45-27-35(39-37(33)43)29-46-28-32-18-10-5-11-19-32/h1,3-12,14-19,33-35,41H,2,13,20-29H2,(H,39,43)/t33-,34-,35-/m1/s1. The molecule has 4 rings (SSSR count). The highest BCUT2D eigenvalue weighted by atomic mass is 32.2. The fourth-order valence-electron chi connectivity index (χ4n) is 5.55. The Labute approximate surface area is 277 Å². The number of amides is 2. The maximum atomic E-state index is 13.8. The summed E-state index contributed by atoms with van der Waals surface area (Å²) in [5.41, 5.74) is 3.23. The molecular weight excluding hydrogens is 596 g/mol. The lowest BCUT2D eigenvalue weighted by Gasteiger charge is -2.26. The Morgan fingerprint density at radius 3 is 2.20 bits per heavy atom. The second kappa shape index (κ2) is 19.6. The van der Waals surface area contributed by atoms with Gasteiger partial charge in [-0.1, -0.05) is 103 Å². The molecule has 1 heterocycles. The number of ether oxygens (including phenoxy) is 1. The van der Waals surface area contributed by atoms with Crippen LogP contribution < -0.4 is 5.32 Å². The maximum absolute atomic E-state index is 13.8. The SMILES string of the molecule is O=C1N[C@@H](CSCc2ccccc2)COC(=O)[C@@H](Cc2ccccc2)CCCC=CC[C@@H]1CC(=O)N(CCO)Cc1ccccc1. The third kappa shape index (κ3) is 12.1. The molecule has 0 aromatic heterocycles. The molecule has 3 aromatic carbocycles. The molecule has 7 nitrogen and oxygen atoms in total. The van der Waals surface area contributed by atoms with Crippen LogP contribution in [0, 0.1) is 11.8 Å². The Hall–Kier alpha value is -3.88. The van der Waals surface area contributed by atoms with Gasteiger partial charge in [0.2, 0.25) is 11.8 Å². The van der Waals surface area contributed by atoms with E-state index in [1.807, 2.05) is 91.0 Å². The first-order valence-corrected chi connectivity index (χ1v) is 17.4. The molecule has 0 saturated carbocycles. The summed E-state index contributed by atoms with van der Waals surface area (Å²) in [6.07, 6.45) is 7.38. The highest BCUT2D eigenvalue weighted by Crippen LogP contribution is 2.21. The summed E-state index contributed by atoms with van der Waals surface area (Å²) in [6.45, 7) is 0.464. The molecule has 0 saturated heterocycles. The molecule has 1 aliphatic heterocycles. The van der Waals surface area contributed by atoms with Crippen molar-refractivity contribution in [2.75, 3.05) is 25.5 Å². The minimum Gasteiger partial charge on any atom is -0.463 e. The first kappa shape index (κ1) is 35.0. The summed E-state index contributed by atoms with van der Waals surface area (Å²) in [7, 11) is 0. The van der Waals surface area contributed by atoms with Gasteiger partial charge in [0.1, 0.15) is 6.61 Å². The lowest BCUT2D eigenvalue weighted by Crippen LogP contribution is -2.45. The van der Waals surface area contributed by atoms with Crippen molar-refractivity contribution in [3.63, 3.8) is 0 Å². The number of rotatable bonds is 12. The summed E-state index contributed by atoms with van der Waals surface area (Å²) in [5, 5.41) is 12.8. The molecule has 2 amide bonds. The van der Waals surface area contributed by atoms with Gasteiger partial charge in [0.25, 0.3) is 0 Å². The lowest BCUT2D eigenvalue weighted by atomic mass is 9.93. The van der Waals surface area contributed by atoms with E-state index in [-0.39, 0.29) is 49.9 Å². The number of carbonyl (C=O) groups is 3. The number of aliphatic hydroxyl groups excluding tert-OH is 1. The fourth-order valence-corrected chi connectivity index (χ4v) is 6.56. The Bertz CT molecular complexity index is 1370. The number of allylic oxidation sites excluding steroid dienone is 2. The molecule has 2 N–H and O–H groups in total. The number of thioether (sulfide) groups is 1. The molecule has 0 bridgehead atoms. The zero-order valence-corrected chi connectivity index (χ0v) is 27.3. The average molecular weight is 643 g/mol. The third-order valence-corrected chi connectivity index (χ3v) is 9.28. The van der Waals surface area contributed by atoms with E-state index in [1.54, 1.807) is 16.7 Å². The molecule has 0 spiro atoms. The molecular formula is C38H46N2O5S. The van der Waals surface area contributed by atoms with Crippen LogP contribution in [0.2, 0.25) is 0 Å². The normalized spacial score (nSPS) is 19.5. The lowest BCUT2D eigenvalue weighted by molar-refractivity contribution is -0.150. The number of hydrogen-bond acceptors (Lipinski definition) is 6. The van der Waals surface area contributed by atoms with E-state index in [9.17, 15) is 19.5 Å². The molecule has 244 valence electrons. The second-order valence-electron chi connectivity index (χ2n) is 11.8. The molecule has 0 radical (unpaired) electrons. The van der Waals surface area contributed by atoms with E-state index < -0.39 is 12.0 Å². The van der Waals surface area contributed by atoms with Gasteiger partial charge < -0.3 is 20.1 Å². The van der Waals surface area contributed by atoms with E-state index in [0.29, 0.717) is 31.6 Å². The monoisotopic (exact) mass is 642 g/mol. The van der Waals surface area contributed by atoms with Crippen LogP contribution in [-0.4, -0.2) is 59.3 Å². The fraction of sp³-hybridized carbons (Fsp3) is 0.395. The zero-order valence-electron chi connectivity index (χ0n) is 26.5. The summed E-state index contributed by atoms with van der Waals surface area (Å²) in [6, 6.07) is 29.3. The van der Waals surface area contributed by atoms with Crippen LogP contribution in [0.15, 0.2) is 103 Å². The largest absolute Gasteiger partial charge is 0.463 e. The van der Waals surface area contributed by atoms with Gasteiger partial charge in [0, 0.05) is 31.0 Å². The smallest absolute Gasteiger partial charge is 0.309 e. The number of benzene rings is 3. The number of nitrogens with one attached hydrogen (secondary N) is 1. The topological polar surface area (TPSA) is 95.9 Å². The van der Waals surface area contributed by atoms with Crippen LogP contribution in [0.4, 0.5) is 0 Å². The van der Waals surface area contributed by atoms with Gasteiger partial charge in [-0.15, -0.1) is 0 Å². The van der Waals surface area contributed by atoms with E-state index in [0.717, 1.165) is 29.7 Å². The van der Waals surface area contributed by atoms with Crippen molar-refractivity contribution in [2.24, 2.45) is 11.8 Å². The van der Waals surface area contributed by atoms with Crippen molar-refractivity contribution in [2.45, 2.75) is 56.9 Å². The van der Waals surface area contributed by atoms with E-state index >= 15 is 0 Å². The molecule has 3 aromatic rings. The Kier molecular flexibility index (Phi) is 14.9. The Morgan fingerprint density at radius 2 is 1.52 bits per heavy atom. The number of hydrogen-bond donors (Lipinski definition) is 2. The summed E-state index contributed by atoms with van der Waals surface area (Å²) >= 11 is 1.67. The highest BCUT2D eigenvalue weighted by Gasteiger charge is 2.28. The molecule has 8 heteroatoms. The molecule has 0 aliphatic carbocycles. The number of carbonyl (C=O) groups excluding carboxylic acids is 3. The molecule has 1 aliphatic rings. The third-order valence-electron chi connectivity index (χ3n) is 8.10. The minimum absolute atomic E-state index is 0.0197. The van der Waals surface area contributed by atoms with Crippen LogP contribution in [0.25, 0.3) is 0 Å². The van der Waals surface area contributed by atoms with E-state index in [1.165, 1.54) is 5.56 Å². The number of aliphatic hydroxyl groups is 1. The molecule has 46 heavy (non-hydrogen) atoms. The van der Waals surface area contributed by atoms with Crippen LogP contribution in [0.3, 0.4) is 0 Å². The van der Waals surface area contributed by atoms with Gasteiger partial charge in [-0.2, -0.15) is 11.8 Å².